The van der Waals surface area contributed by atoms with Crippen molar-refractivity contribution in [3.63, 3.8) is 0 Å². The van der Waals surface area contributed by atoms with E-state index in [9.17, 15) is 14.4 Å². The second-order valence-electron chi connectivity index (χ2n) is 10.5. The average Bonchev–Trinajstić information content (AvgIpc) is 2.91. The molecule has 31 heavy (non-hydrogen) atoms. The Hall–Kier alpha value is -1.89. The first-order chi connectivity index (χ1) is 14.7. The number of amides is 4. The second-order valence-corrected chi connectivity index (χ2v) is 11.4. The molecule has 2 N–H and O–H groups in total. The Bertz CT molecular complexity index is 912. The first-order valence-electron chi connectivity index (χ1n) is 11.4. The van der Waals surface area contributed by atoms with Crippen LogP contribution in [0, 0.1) is 23.2 Å². The second kappa shape index (κ2) is 7.32. The SMILES string of the molecule is CC(NC(=O)CN1C(=O)NC(C)(c2cccc(Br)c2)C1=O)C12CC3CC(CC(C3)C1)C2. The van der Waals surface area contributed by atoms with Crippen LogP contribution < -0.4 is 10.6 Å². The fourth-order valence-corrected chi connectivity index (χ4v) is 7.53. The van der Waals surface area contributed by atoms with E-state index in [1.54, 1.807) is 6.92 Å². The third-order valence-electron chi connectivity index (χ3n) is 8.36. The molecule has 1 aromatic carbocycles. The molecule has 2 unspecified atom stereocenters. The van der Waals surface area contributed by atoms with Crippen molar-refractivity contribution in [1.82, 2.24) is 15.5 Å². The van der Waals surface area contributed by atoms with Gasteiger partial charge in [-0.15, -0.1) is 0 Å². The summed E-state index contributed by atoms with van der Waals surface area (Å²) in [5.74, 6) is 1.77. The van der Waals surface area contributed by atoms with Gasteiger partial charge in [0.15, 0.2) is 0 Å². The minimum atomic E-state index is -1.17. The maximum absolute atomic E-state index is 13.1. The third kappa shape index (κ3) is 3.49. The molecular formula is C24H30BrN3O3. The highest BCUT2D eigenvalue weighted by molar-refractivity contribution is 9.10. The molecule has 1 heterocycles. The van der Waals surface area contributed by atoms with E-state index in [0.29, 0.717) is 5.56 Å². The lowest BCUT2D eigenvalue weighted by Gasteiger charge is -2.59. The Morgan fingerprint density at radius 3 is 2.39 bits per heavy atom. The van der Waals surface area contributed by atoms with Crippen LogP contribution in [-0.4, -0.2) is 35.3 Å². The molecule has 4 bridgehead atoms. The summed E-state index contributed by atoms with van der Waals surface area (Å²) >= 11 is 3.42. The van der Waals surface area contributed by atoms with E-state index in [0.717, 1.165) is 27.1 Å². The molecule has 0 spiro atoms. The molecule has 4 amide bonds. The van der Waals surface area contributed by atoms with E-state index >= 15 is 0 Å². The minimum Gasteiger partial charge on any atom is -0.352 e. The zero-order valence-corrected chi connectivity index (χ0v) is 19.7. The summed E-state index contributed by atoms with van der Waals surface area (Å²) in [5.41, 5.74) is -0.302. The van der Waals surface area contributed by atoms with Crippen LogP contribution in [0.3, 0.4) is 0 Å². The highest BCUT2D eigenvalue weighted by atomic mass is 79.9. The molecule has 6 rings (SSSR count). The summed E-state index contributed by atoms with van der Waals surface area (Å²) in [6.45, 7) is 3.55. The molecule has 7 heteroatoms. The van der Waals surface area contributed by atoms with Crippen LogP contribution in [0.4, 0.5) is 4.79 Å². The van der Waals surface area contributed by atoms with Crippen molar-refractivity contribution in [1.29, 1.82) is 0 Å². The fourth-order valence-electron chi connectivity index (χ4n) is 7.13. The molecular weight excluding hydrogens is 458 g/mol. The topological polar surface area (TPSA) is 78.5 Å². The summed E-state index contributed by atoms with van der Waals surface area (Å²) in [7, 11) is 0. The summed E-state index contributed by atoms with van der Waals surface area (Å²) in [5, 5.41) is 5.94. The number of carbonyl (C=O) groups is 3. The number of benzene rings is 1. The van der Waals surface area contributed by atoms with Crippen molar-refractivity contribution < 1.29 is 14.4 Å². The van der Waals surface area contributed by atoms with Gasteiger partial charge in [0.2, 0.25) is 5.91 Å². The molecule has 166 valence electrons. The summed E-state index contributed by atoms with van der Waals surface area (Å²) in [6, 6.07) is 6.85. The quantitative estimate of drug-likeness (QED) is 0.617. The molecule has 1 saturated heterocycles. The number of urea groups is 1. The van der Waals surface area contributed by atoms with Gasteiger partial charge in [0, 0.05) is 10.5 Å². The van der Waals surface area contributed by atoms with Gasteiger partial charge in [-0.1, -0.05) is 28.1 Å². The molecule has 5 fully saturated rings. The number of hydrogen-bond donors (Lipinski definition) is 2. The van der Waals surface area contributed by atoms with Gasteiger partial charge in [0.1, 0.15) is 12.1 Å². The summed E-state index contributed by atoms with van der Waals surface area (Å²) in [4.78, 5) is 39.7. The lowest BCUT2D eigenvalue weighted by Crippen LogP contribution is -2.57. The number of halogens is 1. The van der Waals surface area contributed by atoms with E-state index in [2.05, 4.69) is 33.5 Å². The molecule has 4 saturated carbocycles. The van der Waals surface area contributed by atoms with E-state index in [1.165, 1.54) is 38.5 Å². The zero-order valence-electron chi connectivity index (χ0n) is 18.1. The van der Waals surface area contributed by atoms with Gasteiger partial charge in [-0.05, 0) is 93.2 Å². The normalized spacial score (nSPS) is 37.1. The van der Waals surface area contributed by atoms with Crippen LogP contribution in [0.25, 0.3) is 0 Å². The van der Waals surface area contributed by atoms with E-state index < -0.39 is 17.5 Å². The molecule has 5 aliphatic rings. The number of nitrogens with one attached hydrogen (secondary N) is 2. The minimum absolute atomic E-state index is 0.0608. The zero-order chi connectivity index (χ0) is 22.0. The van der Waals surface area contributed by atoms with Crippen LogP contribution in [0.1, 0.15) is 57.9 Å². The fraction of sp³-hybridized carbons (Fsp3) is 0.625. The lowest BCUT2D eigenvalue weighted by atomic mass is 9.48. The predicted molar refractivity (Wildman–Crippen MR) is 120 cm³/mol. The van der Waals surface area contributed by atoms with Gasteiger partial charge in [0.25, 0.3) is 5.91 Å². The Morgan fingerprint density at radius 2 is 1.81 bits per heavy atom. The average molecular weight is 488 g/mol. The number of carbonyl (C=O) groups excluding carboxylic acids is 3. The first-order valence-corrected chi connectivity index (χ1v) is 12.2. The van der Waals surface area contributed by atoms with Crippen molar-refractivity contribution in [3.05, 3.63) is 34.3 Å². The first kappa shape index (κ1) is 21.0. The third-order valence-corrected chi connectivity index (χ3v) is 8.85. The Balaban J connectivity index is 1.26. The lowest BCUT2D eigenvalue weighted by molar-refractivity contribution is -0.136. The van der Waals surface area contributed by atoms with Crippen molar-refractivity contribution in [2.75, 3.05) is 6.54 Å². The Morgan fingerprint density at radius 1 is 1.19 bits per heavy atom. The smallest absolute Gasteiger partial charge is 0.325 e. The number of hydrogen-bond acceptors (Lipinski definition) is 3. The van der Waals surface area contributed by atoms with E-state index in [1.807, 2.05) is 24.3 Å². The van der Waals surface area contributed by atoms with E-state index in [4.69, 9.17) is 0 Å². The van der Waals surface area contributed by atoms with Crippen molar-refractivity contribution in [2.45, 2.75) is 64.0 Å². The van der Waals surface area contributed by atoms with Crippen molar-refractivity contribution in [3.8, 4) is 0 Å². The Kier molecular flexibility index (Phi) is 4.96. The molecule has 6 nitrogen and oxygen atoms in total. The maximum Gasteiger partial charge on any atom is 0.325 e. The van der Waals surface area contributed by atoms with Crippen LogP contribution in [0.5, 0.6) is 0 Å². The number of nitrogens with zero attached hydrogens (tertiary/aromatic N) is 1. The van der Waals surface area contributed by atoms with Gasteiger partial charge in [-0.25, -0.2) is 4.79 Å². The molecule has 2 atom stereocenters. The van der Waals surface area contributed by atoms with Crippen LogP contribution in [0.2, 0.25) is 0 Å². The molecule has 1 aromatic rings. The van der Waals surface area contributed by atoms with Gasteiger partial charge in [-0.3, -0.25) is 14.5 Å². The van der Waals surface area contributed by atoms with Gasteiger partial charge < -0.3 is 10.6 Å². The Labute approximate surface area is 191 Å². The predicted octanol–water partition coefficient (Wildman–Crippen LogP) is 3.94. The van der Waals surface area contributed by atoms with Gasteiger partial charge in [-0.2, -0.15) is 0 Å². The van der Waals surface area contributed by atoms with Crippen molar-refractivity contribution >= 4 is 33.8 Å². The standard InChI is InChI=1S/C24H30BrN3O3/c1-14(24-10-15-6-16(11-24)8-17(7-15)12-24)26-20(29)13-28-21(30)23(2,27-22(28)31)18-4-3-5-19(25)9-18/h3-5,9,14-17H,6-8,10-13H2,1-2H3,(H,26,29)(H,27,31). The van der Waals surface area contributed by atoms with Crippen LogP contribution in [-0.2, 0) is 15.1 Å². The van der Waals surface area contributed by atoms with Crippen LogP contribution in [0.15, 0.2) is 28.7 Å². The maximum atomic E-state index is 13.1. The molecule has 4 aliphatic carbocycles. The highest BCUT2D eigenvalue weighted by Crippen LogP contribution is 2.61. The monoisotopic (exact) mass is 487 g/mol. The van der Waals surface area contributed by atoms with Crippen molar-refractivity contribution in [2.24, 2.45) is 23.2 Å². The highest BCUT2D eigenvalue weighted by Gasteiger charge is 2.54. The molecule has 1 aliphatic heterocycles. The summed E-state index contributed by atoms with van der Waals surface area (Å²) < 4.78 is 0.828. The number of imide groups is 1. The van der Waals surface area contributed by atoms with E-state index in [-0.39, 0.29) is 23.9 Å². The number of rotatable bonds is 5. The van der Waals surface area contributed by atoms with Gasteiger partial charge in [0.05, 0.1) is 0 Å². The largest absolute Gasteiger partial charge is 0.352 e. The molecule has 0 radical (unpaired) electrons. The molecule has 0 aromatic heterocycles. The van der Waals surface area contributed by atoms with Crippen LogP contribution >= 0.6 is 15.9 Å². The van der Waals surface area contributed by atoms with Gasteiger partial charge >= 0.3 is 6.03 Å². The summed E-state index contributed by atoms with van der Waals surface area (Å²) in [6.07, 6.45) is 7.67.